The molecule has 43 heavy (non-hydrogen) atoms. The van der Waals surface area contributed by atoms with Gasteiger partial charge in [0, 0.05) is 22.3 Å². The van der Waals surface area contributed by atoms with Gasteiger partial charge in [0.15, 0.2) is 16.4 Å². The Morgan fingerprint density at radius 2 is 1.79 bits per heavy atom. The second-order valence-electron chi connectivity index (χ2n) is 9.57. The summed E-state index contributed by atoms with van der Waals surface area (Å²) in [7, 11) is -4.86. The number of nitrogens with one attached hydrogen (secondary N) is 3. The zero-order valence-electron chi connectivity index (χ0n) is 21.8. The van der Waals surface area contributed by atoms with Crippen molar-refractivity contribution in [3.05, 3.63) is 53.6 Å². The number of aromatic hydroxyl groups is 2. The van der Waals surface area contributed by atoms with Crippen LogP contribution in [0.2, 0.25) is 0 Å². The predicted molar refractivity (Wildman–Crippen MR) is 151 cm³/mol. The number of aromatic nitrogens is 2. The van der Waals surface area contributed by atoms with Crippen molar-refractivity contribution >= 4 is 50.4 Å². The molecule has 4 aromatic rings. The van der Waals surface area contributed by atoms with Gasteiger partial charge in [-0.2, -0.15) is 0 Å². The lowest BCUT2D eigenvalue weighted by Gasteiger charge is -2.25. The Balaban J connectivity index is 1.76. The number of nitrogen functional groups attached to an aromatic ring is 1. The first-order valence-electron chi connectivity index (χ1n) is 12.3. The number of rotatable bonds is 9. The molecule has 0 saturated carbocycles. The molecule has 0 radical (unpaired) electrons. The van der Waals surface area contributed by atoms with Crippen molar-refractivity contribution in [3.8, 4) is 34.0 Å². The molecule has 11 N–H and O–H groups in total. The van der Waals surface area contributed by atoms with Crippen molar-refractivity contribution in [2.75, 3.05) is 5.01 Å². The van der Waals surface area contributed by atoms with E-state index < -0.39 is 68.8 Å². The van der Waals surface area contributed by atoms with E-state index in [9.17, 15) is 38.1 Å². The lowest BCUT2D eigenvalue weighted by molar-refractivity contribution is -0.146. The van der Waals surface area contributed by atoms with Crippen LogP contribution in [-0.2, 0) is 30.8 Å². The van der Waals surface area contributed by atoms with Crippen molar-refractivity contribution in [2.24, 2.45) is 10.9 Å². The number of carboxylic acid groups (broad SMARTS) is 2. The number of aliphatic carboxylic acids is 2. The summed E-state index contributed by atoms with van der Waals surface area (Å²) in [5.41, 5.74) is 8.90. The number of carbonyl (C=O) groups is 3. The Morgan fingerprint density at radius 3 is 2.40 bits per heavy atom. The number of aromatic amines is 1. The third-order valence-corrected chi connectivity index (χ3v) is 7.73. The van der Waals surface area contributed by atoms with Crippen LogP contribution in [0.4, 0.5) is 5.69 Å². The number of phenols is 2. The average Bonchev–Trinajstić information content (AvgIpc) is 3.48. The molecule has 1 amide bonds. The number of nitrogens with two attached hydrogens (primary N) is 2. The standard InChI is InChI=1S/C26H23N7O9S/c27-24(28)10-5-6-14-15(7-10)31-25(30-14)12-4-2-1-3-11(12)19-13-8-17(34)33(32-16(26(39)40)9-18(35)36)20(13)23(43(29,41)42)22(38)21(19)37/h1-7,16,32,37-38H,8-9H2,(H3,27,28)(H,30,31)(H,35,36)(H,39,40)(H2,29,41,42)/t16-/m1/s1. The van der Waals surface area contributed by atoms with Crippen molar-refractivity contribution in [2.45, 2.75) is 23.8 Å². The van der Waals surface area contributed by atoms with E-state index in [1.807, 2.05) is 0 Å². The lowest BCUT2D eigenvalue weighted by Crippen LogP contribution is -2.51. The summed E-state index contributed by atoms with van der Waals surface area (Å²) in [4.78, 5) is 42.8. The van der Waals surface area contributed by atoms with E-state index in [1.165, 1.54) is 6.07 Å². The Morgan fingerprint density at radius 1 is 1.12 bits per heavy atom. The Bertz CT molecular complexity index is 1990. The first-order valence-corrected chi connectivity index (χ1v) is 13.8. The number of fused-ring (bicyclic) bond motifs is 2. The van der Waals surface area contributed by atoms with Crippen LogP contribution >= 0.6 is 0 Å². The SMILES string of the molecule is N=C(N)c1ccc2nc(-c3ccccc3-c3c(O)c(O)c(S(N)(=O)=O)c4c3CC(=O)N4N[C@H](CC(=O)O)C(=O)O)[nH]c2c1. The van der Waals surface area contributed by atoms with E-state index in [-0.39, 0.29) is 28.4 Å². The van der Waals surface area contributed by atoms with Crippen LogP contribution in [0, 0.1) is 5.41 Å². The maximum Gasteiger partial charge on any atom is 0.323 e. The Kier molecular flexibility index (Phi) is 7.00. The number of amides is 1. The number of carboxylic acids is 2. The second-order valence-corrected chi connectivity index (χ2v) is 11.1. The number of anilines is 1. The van der Waals surface area contributed by atoms with E-state index in [2.05, 4.69) is 15.4 Å². The van der Waals surface area contributed by atoms with Crippen molar-refractivity contribution in [1.29, 1.82) is 5.41 Å². The molecule has 1 aromatic heterocycles. The van der Waals surface area contributed by atoms with Crippen molar-refractivity contribution in [1.82, 2.24) is 15.4 Å². The van der Waals surface area contributed by atoms with Gasteiger partial charge in [-0.05, 0) is 23.8 Å². The third-order valence-electron chi connectivity index (χ3n) is 6.77. The number of hydrogen-bond acceptors (Lipinski definition) is 10. The molecular formula is C26H23N7O9S. The highest BCUT2D eigenvalue weighted by atomic mass is 32.2. The summed E-state index contributed by atoms with van der Waals surface area (Å²) < 4.78 is 25.2. The monoisotopic (exact) mass is 609 g/mol. The molecule has 0 bridgehead atoms. The molecule has 1 aliphatic rings. The Hall–Kier alpha value is -5.52. The summed E-state index contributed by atoms with van der Waals surface area (Å²) in [6.45, 7) is 0. The fraction of sp³-hybridized carbons (Fsp3) is 0.115. The van der Waals surface area contributed by atoms with Crippen LogP contribution < -0.4 is 21.3 Å². The lowest BCUT2D eigenvalue weighted by atomic mass is 9.92. The molecule has 0 saturated heterocycles. The number of amidine groups is 1. The zero-order chi connectivity index (χ0) is 31.4. The molecule has 17 heteroatoms. The summed E-state index contributed by atoms with van der Waals surface area (Å²) in [5, 5.41) is 54.3. The summed E-state index contributed by atoms with van der Waals surface area (Å²) in [6, 6.07) is 9.30. The van der Waals surface area contributed by atoms with E-state index in [1.54, 1.807) is 36.4 Å². The second kappa shape index (κ2) is 10.4. The smallest absolute Gasteiger partial charge is 0.323 e. The molecule has 0 fully saturated rings. The highest BCUT2D eigenvalue weighted by molar-refractivity contribution is 7.89. The summed E-state index contributed by atoms with van der Waals surface area (Å²) >= 11 is 0. The van der Waals surface area contributed by atoms with Crippen molar-refractivity contribution < 1.29 is 43.2 Å². The van der Waals surface area contributed by atoms with Crippen LogP contribution in [0.3, 0.4) is 0 Å². The minimum Gasteiger partial charge on any atom is -0.504 e. The van der Waals surface area contributed by atoms with Crippen LogP contribution in [0.15, 0.2) is 47.4 Å². The third kappa shape index (κ3) is 5.07. The van der Waals surface area contributed by atoms with Gasteiger partial charge in [-0.25, -0.2) is 29.0 Å². The molecule has 1 atom stereocenters. The normalized spacial score (nSPS) is 13.7. The van der Waals surface area contributed by atoms with E-state index >= 15 is 0 Å². The largest absolute Gasteiger partial charge is 0.504 e. The van der Waals surface area contributed by atoms with Gasteiger partial charge < -0.3 is 31.1 Å². The molecule has 1 aliphatic heterocycles. The number of sulfonamides is 1. The fourth-order valence-corrected chi connectivity index (χ4v) is 5.78. The molecule has 0 unspecified atom stereocenters. The van der Waals surface area contributed by atoms with Crippen LogP contribution in [0.1, 0.15) is 17.5 Å². The number of nitrogens with zero attached hydrogens (tertiary/aromatic N) is 2. The summed E-state index contributed by atoms with van der Waals surface area (Å²) in [5.74, 6) is -6.15. The highest BCUT2D eigenvalue weighted by Gasteiger charge is 2.42. The molecular weight excluding hydrogens is 586 g/mol. The number of benzene rings is 3. The van der Waals surface area contributed by atoms with Gasteiger partial charge in [-0.1, -0.05) is 24.3 Å². The number of primary sulfonamides is 1. The molecule has 222 valence electrons. The Labute approximate surface area is 241 Å². The number of hydrazine groups is 1. The maximum atomic E-state index is 13.2. The number of H-pyrrole nitrogens is 1. The van der Waals surface area contributed by atoms with Gasteiger partial charge >= 0.3 is 11.9 Å². The number of carbonyl (C=O) groups excluding carboxylic acids is 1. The molecule has 3 aromatic carbocycles. The molecule has 2 heterocycles. The van der Waals surface area contributed by atoms with Crippen LogP contribution in [-0.4, -0.2) is 68.5 Å². The van der Waals surface area contributed by atoms with E-state index in [0.717, 1.165) is 0 Å². The van der Waals surface area contributed by atoms with Gasteiger partial charge in [0.1, 0.15) is 17.7 Å². The first kappa shape index (κ1) is 29.0. The number of phenolic OH excluding ortho intramolecular Hbond substituents is 2. The molecule has 16 nitrogen and oxygen atoms in total. The van der Waals surface area contributed by atoms with Crippen LogP contribution in [0.25, 0.3) is 33.5 Å². The van der Waals surface area contributed by atoms with Gasteiger partial charge in [0.2, 0.25) is 15.9 Å². The molecule has 0 aliphatic carbocycles. The quantitative estimate of drug-likeness (QED) is 0.0715. The minimum atomic E-state index is -4.86. The molecule has 5 rings (SSSR count). The maximum absolute atomic E-state index is 13.2. The van der Waals surface area contributed by atoms with Gasteiger partial charge in [-0.15, -0.1) is 0 Å². The fourth-order valence-electron chi connectivity index (χ4n) is 4.93. The summed E-state index contributed by atoms with van der Waals surface area (Å²) in [6.07, 6.45) is -1.58. The van der Waals surface area contributed by atoms with Crippen LogP contribution in [0.5, 0.6) is 11.5 Å². The zero-order valence-corrected chi connectivity index (χ0v) is 22.6. The predicted octanol–water partition coefficient (Wildman–Crippen LogP) is 0.561. The van der Waals surface area contributed by atoms with E-state index in [4.69, 9.17) is 21.4 Å². The first-order chi connectivity index (χ1) is 20.2. The average molecular weight is 610 g/mol. The molecule has 0 spiro atoms. The van der Waals surface area contributed by atoms with Gasteiger partial charge in [0.25, 0.3) is 0 Å². The van der Waals surface area contributed by atoms with Gasteiger partial charge in [0.05, 0.1) is 29.6 Å². The highest BCUT2D eigenvalue weighted by Crippen LogP contribution is 2.53. The topological polar surface area (TPSA) is 286 Å². The van der Waals surface area contributed by atoms with Gasteiger partial charge in [-0.3, -0.25) is 19.8 Å². The van der Waals surface area contributed by atoms with Crippen molar-refractivity contribution in [3.63, 3.8) is 0 Å². The van der Waals surface area contributed by atoms with E-state index in [0.29, 0.717) is 27.2 Å². The number of hydrogen-bond donors (Lipinski definition) is 9. The number of imidazole rings is 1. The minimum absolute atomic E-state index is 0.140.